The molecule has 0 aromatic carbocycles. The van der Waals surface area contributed by atoms with Crippen LogP contribution in [-0.4, -0.2) is 17.7 Å². The van der Waals surface area contributed by atoms with Gasteiger partial charge in [-0.25, -0.2) is 0 Å². The van der Waals surface area contributed by atoms with Gasteiger partial charge in [-0.2, -0.15) is 0 Å². The number of carbonyl (C=O) groups excluding carboxylic acids is 2. The van der Waals surface area contributed by atoms with Crippen LogP contribution in [0.1, 0.15) is 98.8 Å². The van der Waals surface area contributed by atoms with E-state index in [-0.39, 0.29) is 23.3 Å². The van der Waals surface area contributed by atoms with Crippen molar-refractivity contribution in [2.45, 2.75) is 105 Å². The molecule has 4 fully saturated rings. The van der Waals surface area contributed by atoms with Crippen molar-refractivity contribution in [1.29, 1.82) is 0 Å². The minimum atomic E-state index is -1.08. The zero-order valence-corrected chi connectivity index (χ0v) is 19.1. The molecule has 29 heavy (non-hydrogen) atoms. The van der Waals surface area contributed by atoms with Crippen molar-refractivity contribution in [1.82, 2.24) is 0 Å². The number of hydrogen-bond donors (Lipinski definition) is 0. The predicted octanol–water partition coefficient (Wildman–Crippen LogP) is 5.88. The standard InChI is InChI=1S/C25H40O4/c1-6-18-15-25(28-16(2)26,29-17(3)27)22-20-11-10-19-9-7-8-13-23(19,4)21(20)12-14-24(18,22)5/h18-22H,6-15H2,1-5H3/t18-,19?,20+,21-,22-,23-,24+/m0/s1. The Kier molecular flexibility index (Phi) is 5.31. The van der Waals surface area contributed by atoms with E-state index in [0.717, 1.165) is 18.8 Å². The molecule has 0 heterocycles. The SMILES string of the molecule is CC[C@H]1CC(OC(C)=O)(OC(C)=O)[C@H]2[C@@H]3CCC4CCCC[C@]4(C)[C@H]3CC[C@]12C. The zero-order valence-electron chi connectivity index (χ0n) is 19.1. The smallest absolute Gasteiger partial charge is 0.305 e. The van der Waals surface area contributed by atoms with Crippen LogP contribution < -0.4 is 0 Å². The minimum Gasteiger partial charge on any atom is -0.422 e. The van der Waals surface area contributed by atoms with Gasteiger partial charge in [-0.1, -0.05) is 40.0 Å². The fraction of sp³-hybridized carbons (Fsp3) is 0.920. The summed E-state index contributed by atoms with van der Waals surface area (Å²) in [5.41, 5.74) is 0.462. The van der Waals surface area contributed by atoms with Crippen LogP contribution in [-0.2, 0) is 19.1 Å². The van der Waals surface area contributed by atoms with E-state index in [1.54, 1.807) is 0 Å². The van der Waals surface area contributed by atoms with Crippen molar-refractivity contribution in [3.8, 4) is 0 Å². The van der Waals surface area contributed by atoms with Crippen LogP contribution >= 0.6 is 0 Å². The maximum absolute atomic E-state index is 12.2. The molecule has 1 unspecified atom stereocenters. The summed E-state index contributed by atoms with van der Waals surface area (Å²) in [6.45, 7) is 10.1. The highest BCUT2D eigenvalue weighted by Gasteiger charge is 2.70. The lowest BCUT2D eigenvalue weighted by Gasteiger charge is -2.61. The highest BCUT2D eigenvalue weighted by molar-refractivity contribution is 5.69. The maximum atomic E-state index is 12.2. The lowest BCUT2D eigenvalue weighted by atomic mass is 9.44. The Morgan fingerprint density at radius 3 is 2.21 bits per heavy atom. The molecule has 0 spiro atoms. The maximum Gasteiger partial charge on any atom is 0.305 e. The number of ether oxygens (including phenoxy) is 2. The van der Waals surface area contributed by atoms with Crippen molar-refractivity contribution in [2.75, 3.05) is 0 Å². The van der Waals surface area contributed by atoms with E-state index >= 15 is 0 Å². The van der Waals surface area contributed by atoms with Crippen LogP contribution in [0.5, 0.6) is 0 Å². The molecular formula is C25H40O4. The van der Waals surface area contributed by atoms with Crippen molar-refractivity contribution >= 4 is 11.9 Å². The first-order valence-electron chi connectivity index (χ1n) is 12.1. The Morgan fingerprint density at radius 2 is 1.59 bits per heavy atom. The Bertz CT molecular complexity index is 656. The van der Waals surface area contributed by atoms with Crippen LogP contribution in [0.4, 0.5) is 0 Å². The first kappa shape index (κ1) is 21.2. The van der Waals surface area contributed by atoms with Crippen LogP contribution in [0.25, 0.3) is 0 Å². The number of carbonyl (C=O) groups is 2. The second kappa shape index (κ2) is 7.27. The summed E-state index contributed by atoms with van der Waals surface area (Å²) < 4.78 is 12.0. The highest BCUT2D eigenvalue weighted by Crippen LogP contribution is 2.70. The third kappa shape index (κ3) is 3.15. The molecule has 4 aliphatic rings. The number of hydrogen-bond acceptors (Lipinski definition) is 4. The highest BCUT2D eigenvalue weighted by atomic mass is 16.7. The lowest BCUT2D eigenvalue weighted by molar-refractivity contribution is -0.266. The molecule has 4 saturated carbocycles. The largest absolute Gasteiger partial charge is 0.422 e. The van der Waals surface area contributed by atoms with E-state index in [1.165, 1.54) is 58.8 Å². The second-order valence-corrected chi connectivity index (χ2v) is 11.1. The monoisotopic (exact) mass is 404 g/mol. The van der Waals surface area contributed by atoms with Gasteiger partial charge in [0.05, 0.1) is 0 Å². The molecule has 7 atom stereocenters. The average Bonchev–Trinajstić information content (AvgIpc) is 2.87. The van der Waals surface area contributed by atoms with Gasteiger partial charge < -0.3 is 9.47 Å². The van der Waals surface area contributed by atoms with Gasteiger partial charge in [-0.05, 0) is 73.0 Å². The third-order valence-electron chi connectivity index (χ3n) is 9.86. The molecule has 0 amide bonds. The summed E-state index contributed by atoms with van der Waals surface area (Å²) >= 11 is 0. The van der Waals surface area contributed by atoms with E-state index in [9.17, 15) is 9.59 Å². The molecule has 0 aromatic rings. The van der Waals surface area contributed by atoms with Crippen LogP contribution in [0.2, 0.25) is 0 Å². The normalized spacial score (nSPS) is 45.5. The van der Waals surface area contributed by atoms with Crippen LogP contribution in [0.15, 0.2) is 0 Å². The number of esters is 2. The van der Waals surface area contributed by atoms with Gasteiger partial charge >= 0.3 is 11.9 Å². The van der Waals surface area contributed by atoms with E-state index in [1.807, 2.05) is 0 Å². The molecule has 0 radical (unpaired) electrons. The van der Waals surface area contributed by atoms with Crippen molar-refractivity contribution in [2.24, 2.45) is 40.4 Å². The van der Waals surface area contributed by atoms with Gasteiger partial charge in [0.2, 0.25) is 0 Å². The van der Waals surface area contributed by atoms with Crippen molar-refractivity contribution in [3.05, 3.63) is 0 Å². The van der Waals surface area contributed by atoms with Gasteiger partial charge in [-0.3, -0.25) is 9.59 Å². The third-order valence-corrected chi connectivity index (χ3v) is 9.86. The van der Waals surface area contributed by atoms with Crippen molar-refractivity contribution in [3.63, 3.8) is 0 Å². The molecule has 4 heteroatoms. The minimum absolute atomic E-state index is 0.0681. The van der Waals surface area contributed by atoms with Gasteiger partial charge in [0.1, 0.15) is 0 Å². The Morgan fingerprint density at radius 1 is 0.897 bits per heavy atom. The van der Waals surface area contributed by atoms with Crippen LogP contribution in [0.3, 0.4) is 0 Å². The summed E-state index contributed by atoms with van der Waals surface area (Å²) in [4.78, 5) is 24.4. The summed E-state index contributed by atoms with van der Waals surface area (Å²) in [5, 5.41) is 0. The molecule has 0 aliphatic heterocycles. The summed E-state index contributed by atoms with van der Waals surface area (Å²) in [7, 11) is 0. The van der Waals surface area contributed by atoms with Gasteiger partial charge in [-0.15, -0.1) is 0 Å². The predicted molar refractivity (Wildman–Crippen MR) is 112 cm³/mol. The topological polar surface area (TPSA) is 52.6 Å². The Labute approximate surface area is 176 Å². The lowest BCUT2D eigenvalue weighted by Crippen LogP contribution is -2.58. The van der Waals surface area contributed by atoms with Gasteiger partial charge in [0.15, 0.2) is 0 Å². The summed E-state index contributed by atoms with van der Waals surface area (Å²) in [5.74, 6) is 0.769. The van der Waals surface area contributed by atoms with E-state index in [2.05, 4.69) is 20.8 Å². The number of fused-ring (bicyclic) bond motifs is 5. The summed E-state index contributed by atoms with van der Waals surface area (Å²) in [6.07, 6.45) is 12.0. The fourth-order valence-electron chi connectivity index (χ4n) is 8.85. The molecule has 0 aromatic heterocycles. The van der Waals surface area contributed by atoms with Crippen molar-refractivity contribution < 1.29 is 19.1 Å². The Hall–Kier alpha value is -1.06. The first-order valence-corrected chi connectivity index (χ1v) is 12.1. The molecule has 4 aliphatic carbocycles. The van der Waals surface area contributed by atoms with Gasteiger partial charge in [0.25, 0.3) is 5.79 Å². The molecular weight excluding hydrogens is 364 g/mol. The first-order chi connectivity index (χ1) is 13.7. The molecule has 164 valence electrons. The fourth-order valence-corrected chi connectivity index (χ4v) is 8.85. The Balaban J connectivity index is 1.78. The number of rotatable bonds is 3. The molecule has 4 rings (SSSR count). The van der Waals surface area contributed by atoms with Gasteiger partial charge in [0, 0.05) is 26.2 Å². The average molecular weight is 405 g/mol. The molecule has 0 saturated heterocycles. The van der Waals surface area contributed by atoms with E-state index < -0.39 is 5.79 Å². The van der Waals surface area contributed by atoms with E-state index in [0.29, 0.717) is 29.6 Å². The second-order valence-electron chi connectivity index (χ2n) is 11.1. The van der Waals surface area contributed by atoms with Crippen LogP contribution in [0, 0.1) is 40.4 Å². The molecule has 0 N–H and O–H groups in total. The summed E-state index contributed by atoms with van der Waals surface area (Å²) in [6, 6.07) is 0. The molecule has 4 nitrogen and oxygen atoms in total. The quantitative estimate of drug-likeness (QED) is 0.435. The zero-order chi connectivity index (χ0) is 21.0. The molecule has 0 bridgehead atoms. The van der Waals surface area contributed by atoms with E-state index in [4.69, 9.17) is 9.47 Å².